The third-order valence-electron chi connectivity index (χ3n) is 8.93. The van der Waals surface area contributed by atoms with Gasteiger partial charge < -0.3 is 20.8 Å². The summed E-state index contributed by atoms with van der Waals surface area (Å²) < 4.78 is 0. The van der Waals surface area contributed by atoms with Crippen molar-refractivity contribution < 1.29 is 24.6 Å². The van der Waals surface area contributed by atoms with Crippen LogP contribution in [-0.2, 0) is 16.0 Å². The van der Waals surface area contributed by atoms with Gasteiger partial charge in [0.2, 0.25) is 5.91 Å². The van der Waals surface area contributed by atoms with Crippen molar-refractivity contribution in [3.05, 3.63) is 83.9 Å². The zero-order valence-corrected chi connectivity index (χ0v) is 28.9. The lowest BCUT2D eigenvalue weighted by atomic mass is 9.96. The van der Waals surface area contributed by atoms with Crippen molar-refractivity contribution in [3.63, 3.8) is 0 Å². The number of anilines is 1. The van der Waals surface area contributed by atoms with E-state index in [1.807, 2.05) is 36.4 Å². The van der Waals surface area contributed by atoms with Crippen molar-refractivity contribution in [1.82, 2.24) is 5.32 Å². The standard InChI is InChI=1S/C41H56N2O5/c1-2-3-4-5-6-7-8-9-10-11-12-13-14-15-16-17-21-34(41(47)48)31-38(44)43-35-26-23-32(24-27-35)29-30-42-40(46)37-28-25-33-20-18-19-22-36(33)39(37)45/h6-7,18-20,22-28,34,45H,2-5,8-17,21,29-31H2,1H3,(H,42,46)(H,43,44)(H,47,48)/b7-6+. The number of aromatic hydroxyl groups is 1. The summed E-state index contributed by atoms with van der Waals surface area (Å²) in [5.74, 6) is -2.28. The van der Waals surface area contributed by atoms with Crippen LogP contribution in [0.25, 0.3) is 10.8 Å². The fraction of sp³-hybridized carbons (Fsp3) is 0.488. The molecule has 4 N–H and O–H groups in total. The summed E-state index contributed by atoms with van der Waals surface area (Å²) in [7, 11) is 0. The van der Waals surface area contributed by atoms with Gasteiger partial charge in [-0.05, 0) is 67.7 Å². The van der Waals surface area contributed by atoms with E-state index in [1.54, 1.807) is 24.3 Å². The molecule has 0 heterocycles. The largest absolute Gasteiger partial charge is 0.506 e. The molecule has 0 aromatic heterocycles. The highest BCUT2D eigenvalue weighted by molar-refractivity contribution is 6.03. The highest BCUT2D eigenvalue weighted by Gasteiger charge is 2.21. The van der Waals surface area contributed by atoms with Crippen LogP contribution in [0.1, 0.15) is 126 Å². The molecule has 0 aliphatic heterocycles. The second kappa shape index (κ2) is 22.4. The van der Waals surface area contributed by atoms with E-state index in [2.05, 4.69) is 29.7 Å². The number of fused-ring (bicyclic) bond motifs is 1. The minimum absolute atomic E-state index is 0.0284. The van der Waals surface area contributed by atoms with Crippen molar-refractivity contribution in [1.29, 1.82) is 0 Å². The fourth-order valence-electron chi connectivity index (χ4n) is 6.00. The minimum Gasteiger partial charge on any atom is -0.506 e. The van der Waals surface area contributed by atoms with Gasteiger partial charge in [-0.15, -0.1) is 0 Å². The van der Waals surface area contributed by atoms with E-state index in [1.165, 1.54) is 70.6 Å². The van der Waals surface area contributed by atoms with Gasteiger partial charge in [0.25, 0.3) is 5.91 Å². The Morgan fingerprint density at radius 2 is 1.38 bits per heavy atom. The molecule has 0 bridgehead atoms. The quantitative estimate of drug-likeness (QED) is 0.0566. The molecule has 0 aliphatic carbocycles. The molecule has 7 heteroatoms. The molecule has 3 aromatic carbocycles. The summed E-state index contributed by atoms with van der Waals surface area (Å²) in [4.78, 5) is 37.1. The van der Waals surface area contributed by atoms with Crippen LogP contribution in [0, 0.1) is 5.92 Å². The molecular weight excluding hydrogens is 600 g/mol. The lowest BCUT2D eigenvalue weighted by molar-refractivity contribution is -0.143. The number of phenolic OH excluding ortho intramolecular Hbond substituents is 1. The number of benzene rings is 3. The maximum absolute atomic E-state index is 12.7. The molecule has 0 fully saturated rings. The monoisotopic (exact) mass is 656 g/mol. The van der Waals surface area contributed by atoms with Crippen LogP contribution in [0.15, 0.2) is 72.8 Å². The van der Waals surface area contributed by atoms with E-state index in [-0.39, 0.29) is 29.5 Å². The number of amides is 2. The molecule has 0 saturated carbocycles. The van der Waals surface area contributed by atoms with Crippen LogP contribution >= 0.6 is 0 Å². The smallest absolute Gasteiger partial charge is 0.307 e. The second-order valence-corrected chi connectivity index (χ2v) is 12.9. The number of hydrogen-bond acceptors (Lipinski definition) is 4. The zero-order valence-electron chi connectivity index (χ0n) is 28.9. The average Bonchev–Trinajstić information content (AvgIpc) is 3.08. The first-order valence-corrected chi connectivity index (χ1v) is 18.1. The van der Waals surface area contributed by atoms with Gasteiger partial charge in [0.15, 0.2) is 0 Å². The summed E-state index contributed by atoms with van der Waals surface area (Å²) >= 11 is 0. The number of hydrogen-bond donors (Lipinski definition) is 4. The van der Waals surface area contributed by atoms with Gasteiger partial charge in [-0.1, -0.05) is 126 Å². The first-order chi connectivity index (χ1) is 23.4. The van der Waals surface area contributed by atoms with E-state index < -0.39 is 11.9 Å². The maximum Gasteiger partial charge on any atom is 0.307 e. The molecule has 0 radical (unpaired) electrons. The normalized spacial score (nSPS) is 11.9. The number of unbranched alkanes of at least 4 members (excludes halogenated alkanes) is 12. The van der Waals surface area contributed by atoms with E-state index in [0.717, 1.165) is 30.2 Å². The number of nitrogens with one attached hydrogen (secondary N) is 2. The van der Waals surface area contributed by atoms with Gasteiger partial charge >= 0.3 is 5.97 Å². The van der Waals surface area contributed by atoms with Gasteiger partial charge in [-0.2, -0.15) is 0 Å². The molecule has 260 valence electrons. The molecule has 1 unspecified atom stereocenters. The zero-order chi connectivity index (χ0) is 34.4. The number of carbonyl (C=O) groups is 3. The predicted octanol–water partition coefficient (Wildman–Crippen LogP) is 9.97. The fourth-order valence-corrected chi connectivity index (χ4v) is 6.00. The number of carboxylic acids is 1. The summed E-state index contributed by atoms with van der Waals surface area (Å²) in [6.45, 7) is 2.62. The Hall–Kier alpha value is -4.13. The first-order valence-electron chi connectivity index (χ1n) is 18.1. The number of allylic oxidation sites excluding steroid dienone is 2. The van der Waals surface area contributed by atoms with Crippen LogP contribution in [0.4, 0.5) is 5.69 Å². The second-order valence-electron chi connectivity index (χ2n) is 12.9. The highest BCUT2D eigenvalue weighted by Crippen LogP contribution is 2.28. The van der Waals surface area contributed by atoms with Gasteiger partial charge in [0, 0.05) is 24.0 Å². The third kappa shape index (κ3) is 14.3. The van der Waals surface area contributed by atoms with Crippen LogP contribution in [-0.4, -0.2) is 34.5 Å². The van der Waals surface area contributed by atoms with Crippen molar-refractivity contribution in [2.75, 3.05) is 11.9 Å². The molecule has 0 aliphatic rings. The Kier molecular flexibility index (Phi) is 17.9. The highest BCUT2D eigenvalue weighted by atomic mass is 16.4. The predicted molar refractivity (Wildman–Crippen MR) is 197 cm³/mol. The van der Waals surface area contributed by atoms with Gasteiger partial charge in [0.1, 0.15) is 5.75 Å². The van der Waals surface area contributed by atoms with Crippen molar-refractivity contribution in [2.45, 2.75) is 116 Å². The average molecular weight is 657 g/mol. The Morgan fingerprint density at radius 1 is 0.750 bits per heavy atom. The Labute approximate surface area is 287 Å². The van der Waals surface area contributed by atoms with Crippen molar-refractivity contribution in [2.24, 2.45) is 5.92 Å². The molecular formula is C41H56N2O5. The van der Waals surface area contributed by atoms with Crippen LogP contribution in [0.3, 0.4) is 0 Å². The Bertz CT molecular complexity index is 1430. The molecule has 0 spiro atoms. The van der Waals surface area contributed by atoms with Gasteiger partial charge in [0.05, 0.1) is 11.5 Å². The van der Waals surface area contributed by atoms with E-state index in [9.17, 15) is 24.6 Å². The summed E-state index contributed by atoms with van der Waals surface area (Å²) in [6, 6.07) is 18.1. The van der Waals surface area contributed by atoms with E-state index >= 15 is 0 Å². The topological polar surface area (TPSA) is 116 Å². The van der Waals surface area contributed by atoms with Gasteiger partial charge in [-0.25, -0.2) is 0 Å². The van der Waals surface area contributed by atoms with Crippen LogP contribution in [0.5, 0.6) is 5.75 Å². The van der Waals surface area contributed by atoms with E-state index in [0.29, 0.717) is 30.5 Å². The number of aliphatic carboxylic acids is 1. The van der Waals surface area contributed by atoms with Crippen LogP contribution in [0.2, 0.25) is 0 Å². The van der Waals surface area contributed by atoms with Crippen LogP contribution < -0.4 is 10.6 Å². The number of carbonyl (C=O) groups excluding carboxylic acids is 2. The molecule has 48 heavy (non-hydrogen) atoms. The van der Waals surface area contributed by atoms with Crippen molar-refractivity contribution in [3.8, 4) is 5.75 Å². The molecule has 3 rings (SSSR count). The molecule has 7 nitrogen and oxygen atoms in total. The number of rotatable bonds is 24. The minimum atomic E-state index is -0.921. The molecule has 1 atom stereocenters. The third-order valence-corrected chi connectivity index (χ3v) is 8.93. The van der Waals surface area contributed by atoms with Crippen molar-refractivity contribution >= 4 is 34.2 Å². The molecule has 3 aromatic rings. The number of phenols is 1. The SMILES string of the molecule is CCCCC/C=C/CCCCCCCCCCCC(CC(=O)Nc1ccc(CCNC(=O)c2ccc3ccccc3c2O)cc1)C(=O)O. The molecule has 2 amide bonds. The summed E-state index contributed by atoms with van der Waals surface area (Å²) in [5.41, 5.74) is 1.82. The maximum atomic E-state index is 12.7. The number of carboxylic acid groups (broad SMARTS) is 1. The summed E-state index contributed by atoms with van der Waals surface area (Å²) in [5, 5.41) is 27.4. The Morgan fingerprint density at radius 3 is 2.04 bits per heavy atom. The lowest BCUT2D eigenvalue weighted by Gasteiger charge is -2.13. The summed E-state index contributed by atoms with van der Waals surface area (Å²) in [6.07, 6.45) is 22.6. The molecule has 0 saturated heterocycles. The Balaban J connectivity index is 1.25. The first kappa shape index (κ1) is 38.3. The van der Waals surface area contributed by atoms with E-state index in [4.69, 9.17) is 0 Å². The van der Waals surface area contributed by atoms with Gasteiger partial charge in [-0.3, -0.25) is 14.4 Å². The lowest BCUT2D eigenvalue weighted by Crippen LogP contribution is -2.25.